The average molecular weight is 278 g/mol. The average Bonchev–Trinajstić information content (AvgIpc) is 2.94. The fourth-order valence-electron chi connectivity index (χ4n) is 2.03. The summed E-state index contributed by atoms with van der Waals surface area (Å²) in [5, 5.41) is 16.8. The van der Waals surface area contributed by atoms with Crippen molar-refractivity contribution in [3.05, 3.63) is 35.9 Å². The van der Waals surface area contributed by atoms with Crippen LogP contribution in [0.3, 0.4) is 0 Å². The van der Waals surface area contributed by atoms with E-state index in [-0.39, 0.29) is 6.42 Å². The number of nitrogens with zero attached hydrogens (tertiary/aromatic N) is 2. The molecule has 2 rings (SSSR count). The number of carboxylic acid groups (broad SMARTS) is 1. The minimum absolute atomic E-state index is 0.0666. The number of rotatable bonds is 7. The van der Waals surface area contributed by atoms with Gasteiger partial charge in [0, 0.05) is 19.3 Å². The fourth-order valence-corrected chi connectivity index (χ4v) is 2.03. The van der Waals surface area contributed by atoms with E-state index in [1.54, 1.807) is 6.26 Å². The molecule has 20 heavy (non-hydrogen) atoms. The van der Waals surface area contributed by atoms with Gasteiger partial charge in [-0.2, -0.15) is 0 Å². The van der Waals surface area contributed by atoms with Crippen LogP contribution in [0.1, 0.15) is 37.8 Å². The largest absolute Gasteiger partial charge is 0.481 e. The van der Waals surface area contributed by atoms with E-state index < -0.39 is 11.4 Å². The molecule has 0 fully saturated rings. The van der Waals surface area contributed by atoms with Crippen LogP contribution in [0.2, 0.25) is 0 Å². The summed E-state index contributed by atoms with van der Waals surface area (Å²) in [6.07, 6.45) is 3.46. The zero-order valence-corrected chi connectivity index (χ0v) is 11.6. The van der Waals surface area contributed by atoms with Crippen LogP contribution < -0.4 is 0 Å². The molecule has 0 saturated carbocycles. The molecule has 1 N–H and O–H groups in total. The third-order valence-corrected chi connectivity index (χ3v) is 2.93. The molecule has 0 aliphatic rings. The lowest BCUT2D eigenvalue weighted by atomic mass is 9.86. The van der Waals surface area contributed by atoms with Crippen molar-refractivity contribution in [2.24, 2.45) is 5.41 Å². The van der Waals surface area contributed by atoms with Gasteiger partial charge >= 0.3 is 5.97 Å². The van der Waals surface area contributed by atoms with Crippen molar-refractivity contribution >= 4 is 5.97 Å². The topological polar surface area (TPSA) is 89.4 Å². The molecule has 6 nitrogen and oxygen atoms in total. The van der Waals surface area contributed by atoms with Crippen LogP contribution in [0.25, 0.3) is 0 Å². The number of hydrogen-bond donors (Lipinski definition) is 1. The zero-order chi connectivity index (χ0) is 14.6. The van der Waals surface area contributed by atoms with Crippen LogP contribution in [-0.4, -0.2) is 21.3 Å². The minimum Gasteiger partial charge on any atom is -0.481 e. The van der Waals surface area contributed by atoms with E-state index >= 15 is 0 Å². The van der Waals surface area contributed by atoms with Crippen LogP contribution in [-0.2, 0) is 24.1 Å². The van der Waals surface area contributed by atoms with Gasteiger partial charge in [-0.1, -0.05) is 13.8 Å². The number of aliphatic carboxylic acids is 1. The van der Waals surface area contributed by atoms with Gasteiger partial charge in [0.05, 0.1) is 12.7 Å². The fraction of sp³-hybridized carbons (Fsp3) is 0.500. The Morgan fingerprint density at radius 2 is 2.05 bits per heavy atom. The first kappa shape index (κ1) is 14.3. The number of carbonyl (C=O) groups is 1. The summed E-state index contributed by atoms with van der Waals surface area (Å²) in [7, 11) is 0. The molecule has 0 aromatic carbocycles. The maximum absolute atomic E-state index is 10.8. The smallest absolute Gasteiger partial charge is 0.303 e. The summed E-state index contributed by atoms with van der Waals surface area (Å²) in [6.45, 7) is 3.74. The quantitative estimate of drug-likeness (QED) is 0.836. The van der Waals surface area contributed by atoms with Gasteiger partial charge in [0.1, 0.15) is 5.76 Å². The second kappa shape index (κ2) is 5.90. The Morgan fingerprint density at radius 3 is 2.70 bits per heavy atom. The molecule has 0 spiro atoms. The van der Waals surface area contributed by atoms with Gasteiger partial charge in [-0.05, 0) is 17.5 Å². The van der Waals surface area contributed by atoms with E-state index in [2.05, 4.69) is 10.2 Å². The third-order valence-electron chi connectivity index (χ3n) is 2.93. The molecule has 2 aromatic heterocycles. The zero-order valence-electron chi connectivity index (χ0n) is 11.6. The van der Waals surface area contributed by atoms with Crippen LogP contribution in [0, 0.1) is 5.41 Å². The van der Waals surface area contributed by atoms with Crippen molar-refractivity contribution in [3.63, 3.8) is 0 Å². The highest BCUT2D eigenvalue weighted by molar-refractivity contribution is 5.67. The molecule has 6 heteroatoms. The Morgan fingerprint density at radius 1 is 1.30 bits per heavy atom. The van der Waals surface area contributed by atoms with Crippen LogP contribution in [0.5, 0.6) is 0 Å². The van der Waals surface area contributed by atoms with Crippen LogP contribution in [0.15, 0.2) is 27.2 Å². The monoisotopic (exact) mass is 278 g/mol. The lowest BCUT2D eigenvalue weighted by Gasteiger charge is -2.19. The summed E-state index contributed by atoms with van der Waals surface area (Å²) in [6, 6.07) is 3.73. The normalized spacial score (nSPS) is 11.7. The summed E-state index contributed by atoms with van der Waals surface area (Å²) in [4.78, 5) is 10.8. The van der Waals surface area contributed by atoms with Crippen LogP contribution in [0.4, 0.5) is 0 Å². The Kier molecular flexibility index (Phi) is 4.22. The third kappa shape index (κ3) is 4.22. The molecular weight excluding hydrogens is 260 g/mol. The maximum Gasteiger partial charge on any atom is 0.303 e. The Bertz CT molecular complexity index is 558. The first-order valence-electron chi connectivity index (χ1n) is 6.50. The number of carboxylic acids is 1. The van der Waals surface area contributed by atoms with Gasteiger partial charge in [-0.25, -0.2) is 0 Å². The van der Waals surface area contributed by atoms with Crippen molar-refractivity contribution in [2.45, 2.75) is 39.5 Å². The van der Waals surface area contributed by atoms with Gasteiger partial charge in [-0.15, -0.1) is 10.2 Å². The molecule has 0 aliphatic carbocycles. The molecule has 0 saturated heterocycles. The maximum atomic E-state index is 10.8. The summed E-state index contributed by atoms with van der Waals surface area (Å²) < 4.78 is 10.8. The van der Waals surface area contributed by atoms with Gasteiger partial charge < -0.3 is 13.9 Å². The molecule has 2 heterocycles. The second-order valence-electron chi connectivity index (χ2n) is 5.58. The predicted molar refractivity (Wildman–Crippen MR) is 70.2 cm³/mol. The minimum atomic E-state index is -0.826. The second-order valence-corrected chi connectivity index (χ2v) is 5.58. The molecule has 0 amide bonds. The molecule has 0 bridgehead atoms. The molecule has 0 radical (unpaired) electrons. The number of hydrogen-bond acceptors (Lipinski definition) is 5. The lowest BCUT2D eigenvalue weighted by molar-refractivity contribution is -0.139. The van der Waals surface area contributed by atoms with Crippen molar-refractivity contribution in [3.8, 4) is 0 Å². The summed E-state index contributed by atoms with van der Waals surface area (Å²) >= 11 is 0. The summed E-state index contributed by atoms with van der Waals surface area (Å²) in [5.41, 5.74) is -0.406. The first-order chi connectivity index (χ1) is 9.44. The van der Waals surface area contributed by atoms with Crippen molar-refractivity contribution in [1.29, 1.82) is 0 Å². The molecule has 0 aliphatic heterocycles. The van der Waals surface area contributed by atoms with E-state index in [0.29, 0.717) is 31.0 Å². The number of furan rings is 1. The molecule has 0 unspecified atom stereocenters. The van der Waals surface area contributed by atoms with Gasteiger partial charge in [0.25, 0.3) is 0 Å². The number of aryl methyl sites for hydroxylation is 2. The van der Waals surface area contributed by atoms with E-state index in [4.69, 9.17) is 13.9 Å². The Balaban J connectivity index is 1.90. The lowest BCUT2D eigenvalue weighted by Crippen LogP contribution is -2.19. The highest BCUT2D eigenvalue weighted by Crippen LogP contribution is 2.25. The SMILES string of the molecule is CC(C)(CC(=O)O)Cc1nnc(CCc2ccco2)o1. The highest BCUT2D eigenvalue weighted by Gasteiger charge is 2.25. The van der Waals surface area contributed by atoms with Gasteiger partial charge in [0.15, 0.2) is 0 Å². The summed E-state index contributed by atoms with van der Waals surface area (Å²) in [5.74, 6) is 1.07. The van der Waals surface area contributed by atoms with Gasteiger partial charge in [0.2, 0.25) is 11.8 Å². The van der Waals surface area contributed by atoms with Crippen molar-refractivity contribution in [2.75, 3.05) is 0 Å². The molecule has 0 atom stereocenters. The van der Waals surface area contributed by atoms with E-state index in [1.807, 2.05) is 26.0 Å². The van der Waals surface area contributed by atoms with Crippen molar-refractivity contribution < 1.29 is 18.7 Å². The van der Waals surface area contributed by atoms with Crippen molar-refractivity contribution in [1.82, 2.24) is 10.2 Å². The molecule has 108 valence electrons. The Hall–Kier alpha value is -2.11. The standard InChI is InChI=1S/C14H18N2O4/c1-14(2,9-13(17)18)8-12-16-15-11(20-12)6-5-10-4-3-7-19-10/h3-4,7H,5-6,8-9H2,1-2H3,(H,17,18). The first-order valence-corrected chi connectivity index (χ1v) is 6.50. The molecule has 2 aromatic rings. The van der Waals surface area contributed by atoms with E-state index in [0.717, 1.165) is 5.76 Å². The van der Waals surface area contributed by atoms with Crippen LogP contribution >= 0.6 is 0 Å². The van der Waals surface area contributed by atoms with E-state index in [9.17, 15) is 4.79 Å². The van der Waals surface area contributed by atoms with E-state index in [1.165, 1.54) is 0 Å². The molecular formula is C14H18N2O4. The highest BCUT2D eigenvalue weighted by atomic mass is 16.4. The number of aromatic nitrogens is 2. The van der Waals surface area contributed by atoms with Gasteiger partial charge in [-0.3, -0.25) is 4.79 Å². The predicted octanol–water partition coefficient (Wildman–Crippen LogP) is 2.49. The Labute approximate surface area is 116 Å².